The summed E-state index contributed by atoms with van der Waals surface area (Å²) in [7, 11) is 0. The molecule has 0 bridgehead atoms. The van der Waals surface area contributed by atoms with E-state index in [-0.39, 0.29) is 0 Å². The largest absolute Gasteiger partial charge is 0.341 e. The Morgan fingerprint density at radius 3 is 2.71 bits per heavy atom. The van der Waals surface area contributed by atoms with Crippen molar-refractivity contribution in [2.75, 3.05) is 6.54 Å². The Bertz CT molecular complexity index is 808. The summed E-state index contributed by atoms with van der Waals surface area (Å²) in [5.74, 6) is 0. The molecule has 0 fully saturated rings. The molecule has 0 spiro atoms. The first-order valence-corrected chi connectivity index (χ1v) is 7.42. The first-order chi connectivity index (χ1) is 10.3. The Balaban J connectivity index is 2.01. The van der Waals surface area contributed by atoms with Crippen LogP contribution in [0.5, 0.6) is 0 Å². The first-order valence-electron chi connectivity index (χ1n) is 7.42. The highest BCUT2D eigenvalue weighted by atomic mass is 15.0. The van der Waals surface area contributed by atoms with Gasteiger partial charge in [-0.25, -0.2) is 0 Å². The lowest BCUT2D eigenvalue weighted by molar-refractivity contribution is 0.699. The summed E-state index contributed by atoms with van der Waals surface area (Å²) in [6, 6.07) is 17.4. The molecule has 3 aromatic rings. The molecule has 2 aromatic carbocycles. The van der Waals surface area contributed by atoms with Crippen molar-refractivity contribution in [2.24, 2.45) is 0 Å². The maximum atomic E-state index is 8.56. The zero-order valence-corrected chi connectivity index (χ0v) is 12.3. The minimum atomic E-state index is 0.553. The van der Waals surface area contributed by atoms with Crippen molar-refractivity contribution in [1.29, 1.82) is 5.26 Å². The highest BCUT2D eigenvalue weighted by Crippen LogP contribution is 2.29. The second kappa shape index (κ2) is 5.99. The van der Waals surface area contributed by atoms with Gasteiger partial charge < -0.3 is 9.88 Å². The van der Waals surface area contributed by atoms with Crippen LogP contribution >= 0.6 is 0 Å². The summed E-state index contributed by atoms with van der Waals surface area (Å²) < 4.78 is 2.36. The van der Waals surface area contributed by atoms with Crippen LogP contribution in [0.4, 0.5) is 0 Å². The summed E-state index contributed by atoms with van der Waals surface area (Å²) >= 11 is 0. The predicted molar refractivity (Wildman–Crippen MR) is 87.1 cm³/mol. The Morgan fingerprint density at radius 2 is 1.90 bits per heavy atom. The van der Waals surface area contributed by atoms with Gasteiger partial charge in [0.05, 0.1) is 6.07 Å². The summed E-state index contributed by atoms with van der Waals surface area (Å²) in [5.41, 5.74) is 3.85. The lowest BCUT2D eigenvalue weighted by Gasteiger charge is -2.05. The minimum absolute atomic E-state index is 0.553. The van der Waals surface area contributed by atoms with Crippen molar-refractivity contribution in [3.63, 3.8) is 0 Å². The molecule has 0 saturated carbocycles. The van der Waals surface area contributed by atoms with Gasteiger partial charge in [-0.15, -0.1) is 0 Å². The quantitative estimate of drug-likeness (QED) is 0.720. The van der Waals surface area contributed by atoms with Gasteiger partial charge in [0.25, 0.3) is 0 Å². The van der Waals surface area contributed by atoms with Gasteiger partial charge in [-0.1, -0.05) is 24.3 Å². The number of nitrogens with zero attached hydrogens (tertiary/aromatic N) is 2. The molecular formula is C18H19N3. The van der Waals surface area contributed by atoms with Crippen LogP contribution in [0, 0.1) is 11.3 Å². The van der Waals surface area contributed by atoms with E-state index in [1.54, 1.807) is 0 Å². The fourth-order valence-corrected chi connectivity index (χ4v) is 2.93. The Labute approximate surface area is 124 Å². The number of nitriles is 1. The van der Waals surface area contributed by atoms with Crippen molar-refractivity contribution < 1.29 is 0 Å². The third-order valence-electron chi connectivity index (χ3n) is 3.90. The van der Waals surface area contributed by atoms with Crippen LogP contribution in [0.3, 0.4) is 0 Å². The van der Waals surface area contributed by atoms with Crippen molar-refractivity contribution in [1.82, 2.24) is 9.88 Å². The highest BCUT2D eigenvalue weighted by molar-refractivity contribution is 6.08. The highest BCUT2D eigenvalue weighted by Gasteiger charge is 2.09. The zero-order chi connectivity index (χ0) is 14.7. The summed E-state index contributed by atoms with van der Waals surface area (Å²) in [6.07, 6.45) is 0.553. The Morgan fingerprint density at radius 1 is 1.10 bits per heavy atom. The topological polar surface area (TPSA) is 40.8 Å². The van der Waals surface area contributed by atoms with E-state index in [4.69, 9.17) is 5.26 Å². The first kappa shape index (κ1) is 13.7. The average molecular weight is 277 g/mol. The van der Waals surface area contributed by atoms with Gasteiger partial charge in [0.15, 0.2) is 0 Å². The van der Waals surface area contributed by atoms with Crippen LogP contribution in [0.15, 0.2) is 42.5 Å². The molecule has 1 heterocycles. The zero-order valence-electron chi connectivity index (χ0n) is 12.3. The fraction of sp³-hybridized carbons (Fsp3) is 0.278. The summed E-state index contributed by atoms with van der Waals surface area (Å²) in [5, 5.41) is 14.5. The number of fused-ring (bicyclic) bond motifs is 3. The number of aromatic nitrogens is 1. The summed E-state index contributed by atoms with van der Waals surface area (Å²) in [6.45, 7) is 4.71. The smallest absolute Gasteiger partial charge is 0.0635 e. The average Bonchev–Trinajstić information content (AvgIpc) is 2.85. The molecule has 0 aliphatic heterocycles. The van der Waals surface area contributed by atoms with Gasteiger partial charge in [0.1, 0.15) is 0 Å². The molecule has 0 unspecified atom stereocenters. The molecule has 0 amide bonds. The van der Waals surface area contributed by atoms with Gasteiger partial charge in [0, 0.05) is 47.9 Å². The maximum Gasteiger partial charge on any atom is 0.0635 e. The third-order valence-corrected chi connectivity index (χ3v) is 3.90. The molecule has 0 aliphatic rings. The van der Waals surface area contributed by atoms with Crippen molar-refractivity contribution >= 4 is 21.8 Å². The van der Waals surface area contributed by atoms with Crippen LogP contribution in [0.2, 0.25) is 0 Å². The third kappa shape index (κ3) is 2.51. The fourth-order valence-electron chi connectivity index (χ4n) is 2.93. The molecule has 106 valence electrons. The van der Waals surface area contributed by atoms with Crippen LogP contribution in [0.1, 0.15) is 18.9 Å². The number of rotatable bonds is 5. The molecule has 0 aliphatic carbocycles. The van der Waals surface area contributed by atoms with Crippen LogP contribution in [-0.2, 0) is 13.1 Å². The lowest BCUT2D eigenvalue weighted by atomic mass is 10.1. The van der Waals surface area contributed by atoms with Crippen LogP contribution in [-0.4, -0.2) is 11.1 Å². The number of para-hydroxylation sites is 1. The molecule has 0 atom stereocenters. The number of hydrogen-bond donors (Lipinski definition) is 1. The monoisotopic (exact) mass is 277 g/mol. The number of aryl methyl sites for hydroxylation is 1. The molecular weight excluding hydrogens is 258 g/mol. The normalized spacial score (nSPS) is 11.0. The molecule has 1 aromatic heterocycles. The van der Waals surface area contributed by atoms with Crippen molar-refractivity contribution in [3.8, 4) is 6.07 Å². The second-order valence-corrected chi connectivity index (χ2v) is 5.20. The molecule has 21 heavy (non-hydrogen) atoms. The van der Waals surface area contributed by atoms with E-state index in [1.807, 2.05) is 0 Å². The predicted octanol–water partition coefficient (Wildman–Crippen LogP) is 3.82. The van der Waals surface area contributed by atoms with E-state index in [1.165, 1.54) is 27.4 Å². The van der Waals surface area contributed by atoms with Gasteiger partial charge >= 0.3 is 0 Å². The minimum Gasteiger partial charge on any atom is -0.341 e. The van der Waals surface area contributed by atoms with Gasteiger partial charge in [-0.05, 0) is 30.7 Å². The number of nitrogens with one attached hydrogen (secondary N) is 1. The standard InChI is InChI=1S/C18H19N3/c1-2-21-17-7-4-3-6-15(17)16-12-14(8-9-18(16)21)13-20-11-5-10-19/h3-4,6-9,12,20H,2,5,11,13H2,1H3. The van der Waals surface area contributed by atoms with Crippen molar-refractivity contribution in [3.05, 3.63) is 48.0 Å². The Hall–Kier alpha value is -2.31. The number of benzene rings is 2. The van der Waals surface area contributed by atoms with Gasteiger partial charge in [-0.2, -0.15) is 5.26 Å². The second-order valence-electron chi connectivity index (χ2n) is 5.20. The van der Waals surface area contributed by atoms with E-state index < -0.39 is 0 Å². The molecule has 3 rings (SSSR count). The molecule has 3 nitrogen and oxygen atoms in total. The Kier molecular flexibility index (Phi) is 3.89. The molecule has 3 heteroatoms. The van der Waals surface area contributed by atoms with Crippen molar-refractivity contribution in [2.45, 2.75) is 26.4 Å². The molecule has 0 radical (unpaired) electrons. The van der Waals surface area contributed by atoms with E-state index in [0.717, 1.165) is 19.6 Å². The molecule has 1 N–H and O–H groups in total. The molecule has 0 saturated heterocycles. The van der Waals surface area contributed by atoms with Crippen LogP contribution in [0.25, 0.3) is 21.8 Å². The van der Waals surface area contributed by atoms with E-state index in [9.17, 15) is 0 Å². The van der Waals surface area contributed by atoms with E-state index in [0.29, 0.717) is 6.42 Å². The number of hydrogen-bond acceptors (Lipinski definition) is 2. The van der Waals surface area contributed by atoms with Crippen LogP contribution < -0.4 is 5.32 Å². The SMILES string of the molecule is CCn1c2ccccc2c2cc(CNCCC#N)ccc21. The van der Waals surface area contributed by atoms with Gasteiger partial charge in [-0.3, -0.25) is 0 Å². The maximum absolute atomic E-state index is 8.56. The van der Waals surface area contributed by atoms with E-state index >= 15 is 0 Å². The summed E-state index contributed by atoms with van der Waals surface area (Å²) in [4.78, 5) is 0. The van der Waals surface area contributed by atoms with Gasteiger partial charge in [0.2, 0.25) is 0 Å². The lowest BCUT2D eigenvalue weighted by Crippen LogP contribution is -2.13. The van der Waals surface area contributed by atoms with E-state index in [2.05, 4.69) is 65.3 Å².